The third kappa shape index (κ3) is 3.01. The predicted molar refractivity (Wildman–Crippen MR) is 97.8 cm³/mol. The highest BCUT2D eigenvalue weighted by Crippen LogP contribution is 2.36. The summed E-state index contributed by atoms with van der Waals surface area (Å²) in [4.78, 5) is 6.47. The van der Waals surface area contributed by atoms with Crippen molar-refractivity contribution in [3.63, 3.8) is 0 Å². The smallest absolute Gasteiger partial charge is 0.162 e. The van der Waals surface area contributed by atoms with Crippen molar-refractivity contribution in [2.75, 3.05) is 38.8 Å². The summed E-state index contributed by atoms with van der Waals surface area (Å²) in [7, 11) is 3.24. The van der Waals surface area contributed by atoms with Crippen molar-refractivity contribution in [1.82, 2.24) is 15.2 Å². The quantitative estimate of drug-likeness (QED) is 0.715. The van der Waals surface area contributed by atoms with Crippen LogP contribution in [0.4, 0.5) is 5.69 Å². The summed E-state index contributed by atoms with van der Waals surface area (Å²) in [6.45, 7) is 2.14. The fourth-order valence-corrected chi connectivity index (χ4v) is 3.26. The lowest BCUT2D eigenvalue weighted by Crippen LogP contribution is -2.38. The summed E-state index contributed by atoms with van der Waals surface area (Å²) in [5.74, 6) is 1.31. The number of ether oxygens (including phenoxy) is 3. The van der Waals surface area contributed by atoms with Gasteiger partial charge in [-0.05, 0) is 12.1 Å². The van der Waals surface area contributed by atoms with E-state index in [4.69, 9.17) is 14.2 Å². The summed E-state index contributed by atoms with van der Waals surface area (Å²) in [6.07, 6.45) is 5.38. The molecule has 0 radical (unpaired) electrons. The molecule has 1 aliphatic heterocycles. The monoisotopic (exact) mass is 352 g/mol. The maximum atomic E-state index is 5.95. The molecular weight excluding hydrogens is 332 g/mol. The van der Waals surface area contributed by atoms with E-state index in [0.29, 0.717) is 18.1 Å². The Morgan fingerprint density at radius 1 is 1.15 bits per heavy atom. The molecule has 1 saturated heterocycles. The molecule has 0 bridgehead atoms. The number of benzene rings is 1. The van der Waals surface area contributed by atoms with Crippen molar-refractivity contribution >= 4 is 16.6 Å². The van der Waals surface area contributed by atoms with Crippen LogP contribution in [0.5, 0.6) is 11.5 Å². The Morgan fingerprint density at radius 3 is 2.77 bits per heavy atom. The van der Waals surface area contributed by atoms with Crippen LogP contribution in [0.3, 0.4) is 0 Å². The Bertz CT molecular complexity index is 904. The van der Waals surface area contributed by atoms with Crippen LogP contribution in [0, 0.1) is 0 Å². The number of hydrogen-bond donors (Lipinski definition) is 0. The molecule has 0 saturated carbocycles. The van der Waals surface area contributed by atoms with E-state index in [1.807, 2.05) is 30.5 Å². The van der Waals surface area contributed by atoms with Gasteiger partial charge >= 0.3 is 0 Å². The molecule has 26 heavy (non-hydrogen) atoms. The van der Waals surface area contributed by atoms with E-state index in [1.165, 1.54) is 0 Å². The fraction of sp³-hybridized carbons (Fsp3) is 0.316. The molecule has 0 aliphatic carbocycles. The van der Waals surface area contributed by atoms with Crippen molar-refractivity contribution < 1.29 is 14.2 Å². The second kappa shape index (κ2) is 7.13. The number of nitrogens with zero attached hydrogens (tertiary/aromatic N) is 4. The number of methoxy groups -OCH3 is 2. The van der Waals surface area contributed by atoms with E-state index in [2.05, 4.69) is 20.1 Å². The first kappa shape index (κ1) is 16.5. The fourth-order valence-electron chi connectivity index (χ4n) is 3.26. The molecule has 7 heteroatoms. The van der Waals surface area contributed by atoms with Gasteiger partial charge in [-0.2, -0.15) is 10.2 Å². The Kier molecular flexibility index (Phi) is 4.53. The van der Waals surface area contributed by atoms with Gasteiger partial charge in [0.2, 0.25) is 0 Å². The number of rotatable bonds is 4. The van der Waals surface area contributed by atoms with Gasteiger partial charge in [-0.1, -0.05) is 6.07 Å². The Balaban J connectivity index is 1.71. The van der Waals surface area contributed by atoms with Crippen LogP contribution in [0.15, 0.2) is 42.9 Å². The molecule has 1 unspecified atom stereocenters. The lowest BCUT2D eigenvalue weighted by atomic mass is 10.1. The second-order valence-electron chi connectivity index (χ2n) is 6.05. The molecule has 1 fully saturated rings. The van der Waals surface area contributed by atoms with Crippen molar-refractivity contribution in [1.29, 1.82) is 0 Å². The first-order chi connectivity index (χ1) is 12.8. The molecule has 7 nitrogen and oxygen atoms in total. The van der Waals surface area contributed by atoms with Gasteiger partial charge in [-0.15, -0.1) is 0 Å². The zero-order valence-corrected chi connectivity index (χ0v) is 14.8. The van der Waals surface area contributed by atoms with Gasteiger partial charge in [-0.25, -0.2) is 0 Å². The topological polar surface area (TPSA) is 69.6 Å². The highest BCUT2D eigenvalue weighted by Gasteiger charge is 2.24. The third-order valence-corrected chi connectivity index (χ3v) is 4.59. The number of anilines is 1. The number of morpholine rings is 1. The molecule has 0 spiro atoms. The molecule has 3 aromatic rings. The molecule has 0 amide bonds. The largest absolute Gasteiger partial charge is 0.493 e. The third-order valence-electron chi connectivity index (χ3n) is 4.59. The highest BCUT2D eigenvalue weighted by molar-refractivity contribution is 5.93. The summed E-state index contributed by atoms with van der Waals surface area (Å²) >= 11 is 0. The van der Waals surface area contributed by atoms with Crippen LogP contribution >= 0.6 is 0 Å². The summed E-state index contributed by atoms with van der Waals surface area (Å²) in [5.41, 5.74) is 2.85. The molecule has 134 valence electrons. The predicted octanol–water partition coefficient (Wildman–Crippen LogP) is 2.62. The molecule has 3 heterocycles. The number of aromatic nitrogens is 3. The van der Waals surface area contributed by atoms with E-state index >= 15 is 0 Å². The first-order valence-corrected chi connectivity index (χ1v) is 8.44. The average Bonchev–Trinajstić information content (AvgIpc) is 2.73. The van der Waals surface area contributed by atoms with Crippen molar-refractivity contribution in [3.05, 3.63) is 48.4 Å². The van der Waals surface area contributed by atoms with Gasteiger partial charge < -0.3 is 19.1 Å². The van der Waals surface area contributed by atoms with Gasteiger partial charge in [0.05, 0.1) is 38.2 Å². The summed E-state index contributed by atoms with van der Waals surface area (Å²) in [6, 6.07) is 7.77. The van der Waals surface area contributed by atoms with Crippen LogP contribution in [-0.4, -0.2) is 49.1 Å². The van der Waals surface area contributed by atoms with E-state index in [9.17, 15) is 0 Å². The minimum atomic E-state index is -0.0270. The Hall–Kier alpha value is -2.93. The van der Waals surface area contributed by atoms with Crippen molar-refractivity contribution in [2.45, 2.75) is 6.10 Å². The molecular formula is C19H20N4O3. The number of hydrogen-bond acceptors (Lipinski definition) is 7. The van der Waals surface area contributed by atoms with Gasteiger partial charge in [0, 0.05) is 42.5 Å². The summed E-state index contributed by atoms with van der Waals surface area (Å²) in [5, 5.41) is 9.40. The molecule has 1 aromatic carbocycles. The zero-order chi connectivity index (χ0) is 17.9. The van der Waals surface area contributed by atoms with Gasteiger partial charge in [0.15, 0.2) is 11.5 Å². The molecule has 0 N–H and O–H groups in total. The van der Waals surface area contributed by atoms with E-state index in [1.54, 1.807) is 26.6 Å². The van der Waals surface area contributed by atoms with E-state index in [-0.39, 0.29) is 6.10 Å². The van der Waals surface area contributed by atoms with Crippen LogP contribution < -0.4 is 14.4 Å². The molecule has 1 aliphatic rings. The number of fused-ring (bicyclic) bond motifs is 1. The molecule has 2 aromatic heterocycles. The number of pyridine rings is 1. The Labute approximate surface area is 151 Å². The Morgan fingerprint density at radius 2 is 2.00 bits per heavy atom. The second-order valence-corrected chi connectivity index (χ2v) is 6.05. The lowest BCUT2D eigenvalue weighted by Gasteiger charge is -2.34. The SMILES string of the molecule is COc1cc2nncc(N3CCOC(c4cccnc4)C3)c2cc1OC. The van der Waals surface area contributed by atoms with Gasteiger partial charge in [0.1, 0.15) is 6.10 Å². The average molecular weight is 352 g/mol. The highest BCUT2D eigenvalue weighted by atomic mass is 16.5. The molecule has 1 atom stereocenters. The van der Waals surface area contributed by atoms with Crippen molar-refractivity contribution in [2.24, 2.45) is 0 Å². The maximum Gasteiger partial charge on any atom is 0.162 e. The van der Waals surface area contributed by atoms with Gasteiger partial charge in [0.25, 0.3) is 0 Å². The van der Waals surface area contributed by atoms with Crippen LogP contribution in [0.25, 0.3) is 10.9 Å². The van der Waals surface area contributed by atoms with Crippen molar-refractivity contribution in [3.8, 4) is 11.5 Å². The standard InChI is InChI=1S/C19H20N4O3/c1-24-17-8-14-15(9-18(17)25-2)22-21-11-16(14)23-6-7-26-19(12-23)13-4-3-5-20-10-13/h3-5,8-11,19H,6-7,12H2,1-2H3. The summed E-state index contributed by atoms with van der Waals surface area (Å²) < 4.78 is 16.8. The van der Waals surface area contributed by atoms with E-state index < -0.39 is 0 Å². The minimum absolute atomic E-state index is 0.0270. The maximum absolute atomic E-state index is 5.95. The normalized spacial score (nSPS) is 17.3. The van der Waals surface area contributed by atoms with Gasteiger partial charge in [-0.3, -0.25) is 4.98 Å². The zero-order valence-electron chi connectivity index (χ0n) is 14.8. The van der Waals surface area contributed by atoms with Crippen LogP contribution in [-0.2, 0) is 4.74 Å². The minimum Gasteiger partial charge on any atom is -0.493 e. The molecule has 4 rings (SSSR count). The lowest BCUT2D eigenvalue weighted by molar-refractivity contribution is 0.0396. The van der Waals surface area contributed by atoms with Crippen LogP contribution in [0.1, 0.15) is 11.7 Å². The van der Waals surface area contributed by atoms with E-state index in [0.717, 1.165) is 35.2 Å². The van der Waals surface area contributed by atoms with Crippen LogP contribution in [0.2, 0.25) is 0 Å². The first-order valence-electron chi connectivity index (χ1n) is 8.44.